The van der Waals surface area contributed by atoms with Crippen LogP contribution in [0.25, 0.3) is 11.3 Å². The number of aryl methyl sites for hydroxylation is 1. The summed E-state index contributed by atoms with van der Waals surface area (Å²) in [6.45, 7) is 2.99. The van der Waals surface area contributed by atoms with Crippen molar-refractivity contribution in [2.75, 3.05) is 13.2 Å². The Morgan fingerprint density at radius 3 is 3.00 bits per heavy atom. The molecule has 5 nitrogen and oxygen atoms in total. The van der Waals surface area contributed by atoms with E-state index in [9.17, 15) is 4.79 Å². The van der Waals surface area contributed by atoms with Crippen molar-refractivity contribution in [3.05, 3.63) is 40.5 Å². The quantitative estimate of drug-likeness (QED) is 0.939. The summed E-state index contributed by atoms with van der Waals surface area (Å²) in [5.41, 5.74) is 1.62. The highest BCUT2D eigenvalue weighted by molar-refractivity contribution is 6.33. The first-order valence-electron chi connectivity index (χ1n) is 7.28. The van der Waals surface area contributed by atoms with Crippen molar-refractivity contribution in [1.82, 2.24) is 10.5 Å². The molecule has 0 spiro atoms. The van der Waals surface area contributed by atoms with E-state index in [1.54, 1.807) is 19.1 Å². The maximum atomic E-state index is 12.5. The first kappa shape index (κ1) is 15.1. The first-order chi connectivity index (χ1) is 10.7. The van der Waals surface area contributed by atoms with Crippen LogP contribution >= 0.6 is 11.6 Å². The standard InChI is InChI=1S/C16H17ClN2O3/c1-10-14(16(20)18-9-11-5-4-8-21-11)15(22-19-10)12-6-2-3-7-13(12)17/h2-3,6-7,11H,4-5,8-9H2,1H3,(H,18,20)/t11-/m0/s1. The van der Waals surface area contributed by atoms with Crippen molar-refractivity contribution in [3.8, 4) is 11.3 Å². The minimum atomic E-state index is -0.218. The third-order valence-electron chi connectivity index (χ3n) is 3.72. The van der Waals surface area contributed by atoms with Gasteiger partial charge in [-0.1, -0.05) is 28.9 Å². The summed E-state index contributed by atoms with van der Waals surface area (Å²) in [6, 6.07) is 7.22. The van der Waals surface area contributed by atoms with E-state index in [0.29, 0.717) is 34.1 Å². The van der Waals surface area contributed by atoms with E-state index in [0.717, 1.165) is 19.4 Å². The monoisotopic (exact) mass is 320 g/mol. The molecule has 1 aromatic heterocycles. The number of rotatable bonds is 4. The lowest BCUT2D eigenvalue weighted by atomic mass is 10.1. The second-order valence-electron chi connectivity index (χ2n) is 5.30. The van der Waals surface area contributed by atoms with Crippen LogP contribution in [-0.4, -0.2) is 30.3 Å². The van der Waals surface area contributed by atoms with E-state index in [1.807, 2.05) is 12.1 Å². The Bertz CT molecular complexity index is 678. The lowest BCUT2D eigenvalue weighted by Gasteiger charge is -2.11. The second kappa shape index (κ2) is 6.50. The Morgan fingerprint density at radius 2 is 2.27 bits per heavy atom. The number of hydrogen-bond acceptors (Lipinski definition) is 4. The summed E-state index contributed by atoms with van der Waals surface area (Å²) in [5.74, 6) is 0.178. The van der Waals surface area contributed by atoms with Crippen molar-refractivity contribution < 1.29 is 14.1 Å². The summed E-state index contributed by atoms with van der Waals surface area (Å²) in [5, 5.41) is 7.32. The molecule has 2 aromatic rings. The molecule has 0 unspecified atom stereocenters. The van der Waals surface area contributed by atoms with Crippen molar-refractivity contribution >= 4 is 17.5 Å². The van der Waals surface area contributed by atoms with E-state index < -0.39 is 0 Å². The summed E-state index contributed by atoms with van der Waals surface area (Å²) >= 11 is 6.19. The molecule has 0 saturated carbocycles. The van der Waals surface area contributed by atoms with Crippen LogP contribution in [-0.2, 0) is 4.74 Å². The van der Waals surface area contributed by atoms with Crippen molar-refractivity contribution in [3.63, 3.8) is 0 Å². The van der Waals surface area contributed by atoms with Crippen LogP contribution in [0.1, 0.15) is 28.9 Å². The molecule has 116 valence electrons. The van der Waals surface area contributed by atoms with Crippen LogP contribution in [0.3, 0.4) is 0 Å². The smallest absolute Gasteiger partial charge is 0.257 e. The summed E-state index contributed by atoms with van der Waals surface area (Å²) in [6.07, 6.45) is 2.10. The van der Waals surface area contributed by atoms with E-state index in [-0.39, 0.29) is 12.0 Å². The molecule has 1 aliphatic heterocycles. The summed E-state index contributed by atoms with van der Waals surface area (Å²) in [7, 11) is 0. The molecule has 22 heavy (non-hydrogen) atoms. The van der Waals surface area contributed by atoms with Crippen molar-refractivity contribution in [1.29, 1.82) is 0 Å². The topological polar surface area (TPSA) is 64.4 Å². The van der Waals surface area contributed by atoms with Gasteiger partial charge >= 0.3 is 0 Å². The van der Waals surface area contributed by atoms with Crippen LogP contribution in [0, 0.1) is 6.92 Å². The molecule has 1 aliphatic rings. The molecular weight excluding hydrogens is 304 g/mol. The van der Waals surface area contributed by atoms with Crippen LogP contribution in [0.15, 0.2) is 28.8 Å². The fraction of sp³-hybridized carbons (Fsp3) is 0.375. The number of aromatic nitrogens is 1. The molecule has 1 N–H and O–H groups in total. The predicted molar refractivity (Wildman–Crippen MR) is 83.0 cm³/mol. The number of carbonyl (C=O) groups excluding carboxylic acids is 1. The Balaban J connectivity index is 1.82. The Hall–Kier alpha value is -1.85. The van der Waals surface area contributed by atoms with Gasteiger partial charge in [0, 0.05) is 18.7 Å². The third kappa shape index (κ3) is 3.00. The summed E-state index contributed by atoms with van der Waals surface area (Å²) < 4.78 is 10.8. The van der Waals surface area contributed by atoms with Crippen LogP contribution < -0.4 is 5.32 Å². The molecule has 1 amide bonds. The van der Waals surface area contributed by atoms with E-state index >= 15 is 0 Å². The average Bonchev–Trinajstić information content (AvgIpc) is 3.15. The van der Waals surface area contributed by atoms with Gasteiger partial charge in [0.15, 0.2) is 5.76 Å². The predicted octanol–water partition coefficient (Wildman–Crippen LogP) is 3.21. The van der Waals surface area contributed by atoms with Gasteiger partial charge in [-0.25, -0.2) is 0 Å². The van der Waals surface area contributed by atoms with E-state index in [4.69, 9.17) is 20.9 Å². The Kier molecular flexibility index (Phi) is 4.45. The van der Waals surface area contributed by atoms with Gasteiger partial charge in [-0.2, -0.15) is 0 Å². The van der Waals surface area contributed by atoms with Gasteiger partial charge in [-0.05, 0) is 31.9 Å². The fourth-order valence-electron chi connectivity index (χ4n) is 2.57. The van der Waals surface area contributed by atoms with Gasteiger partial charge in [0.05, 0.1) is 16.8 Å². The Morgan fingerprint density at radius 1 is 1.45 bits per heavy atom. The number of halogens is 1. The highest BCUT2D eigenvalue weighted by Gasteiger charge is 2.24. The molecule has 1 atom stereocenters. The van der Waals surface area contributed by atoms with Crippen LogP contribution in [0.2, 0.25) is 5.02 Å². The van der Waals surface area contributed by atoms with Crippen molar-refractivity contribution in [2.24, 2.45) is 0 Å². The zero-order valence-electron chi connectivity index (χ0n) is 12.3. The molecule has 1 fully saturated rings. The molecular formula is C16H17ClN2O3. The normalized spacial score (nSPS) is 17.6. The molecule has 2 heterocycles. The van der Waals surface area contributed by atoms with Crippen LogP contribution in [0.5, 0.6) is 0 Å². The Labute approximate surface area is 133 Å². The number of nitrogens with zero attached hydrogens (tertiary/aromatic N) is 1. The molecule has 0 aliphatic carbocycles. The van der Waals surface area contributed by atoms with E-state index in [1.165, 1.54) is 0 Å². The molecule has 6 heteroatoms. The summed E-state index contributed by atoms with van der Waals surface area (Å²) in [4.78, 5) is 12.5. The lowest BCUT2D eigenvalue weighted by Crippen LogP contribution is -2.32. The third-order valence-corrected chi connectivity index (χ3v) is 4.05. The second-order valence-corrected chi connectivity index (χ2v) is 5.70. The maximum Gasteiger partial charge on any atom is 0.257 e. The molecule has 1 aromatic carbocycles. The van der Waals surface area contributed by atoms with Gasteiger partial charge in [-0.15, -0.1) is 0 Å². The fourth-order valence-corrected chi connectivity index (χ4v) is 2.79. The maximum absolute atomic E-state index is 12.5. The number of nitrogens with one attached hydrogen (secondary N) is 1. The SMILES string of the molecule is Cc1noc(-c2ccccc2Cl)c1C(=O)NC[C@@H]1CCCO1. The first-order valence-corrected chi connectivity index (χ1v) is 7.65. The van der Waals surface area contributed by atoms with Crippen molar-refractivity contribution in [2.45, 2.75) is 25.9 Å². The zero-order chi connectivity index (χ0) is 15.5. The minimum Gasteiger partial charge on any atom is -0.376 e. The van der Waals surface area contributed by atoms with E-state index in [2.05, 4.69) is 10.5 Å². The molecule has 1 saturated heterocycles. The van der Waals surface area contributed by atoms with Gasteiger partial charge < -0.3 is 14.6 Å². The average molecular weight is 321 g/mol. The number of benzene rings is 1. The zero-order valence-corrected chi connectivity index (χ0v) is 13.0. The van der Waals surface area contributed by atoms with Crippen LogP contribution in [0.4, 0.5) is 0 Å². The largest absolute Gasteiger partial charge is 0.376 e. The number of hydrogen-bond donors (Lipinski definition) is 1. The molecule has 0 radical (unpaired) electrons. The van der Waals surface area contributed by atoms with Gasteiger partial charge in [0.1, 0.15) is 5.56 Å². The molecule has 0 bridgehead atoms. The highest BCUT2D eigenvalue weighted by Crippen LogP contribution is 2.31. The molecule has 3 rings (SSSR count). The number of carbonyl (C=O) groups is 1. The van der Waals surface area contributed by atoms with Gasteiger partial charge in [-0.3, -0.25) is 4.79 Å². The lowest BCUT2D eigenvalue weighted by molar-refractivity contribution is 0.0857. The van der Waals surface area contributed by atoms with Gasteiger partial charge in [0.25, 0.3) is 5.91 Å². The van der Waals surface area contributed by atoms with Gasteiger partial charge in [0.2, 0.25) is 0 Å². The highest BCUT2D eigenvalue weighted by atomic mass is 35.5. The number of amides is 1. The minimum absolute atomic E-state index is 0.0906. The number of ether oxygens (including phenoxy) is 1.